The summed E-state index contributed by atoms with van der Waals surface area (Å²) in [6.45, 7) is 6.74. The van der Waals surface area contributed by atoms with Crippen LogP contribution in [0.25, 0.3) is 11.4 Å². The number of nitrogens with zero attached hydrogens (tertiary/aromatic N) is 3. The highest BCUT2D eigenvalue weighted by molar-refractivity contribution is 7.79. The molecule has 1 aliphatic carbocycles. The molecular weight excluding hydrogens is 456 g/mol. The smallest absolute Gasteiger partial charge is 0.319 e. The molecule has 2 aromatic rings. The van der Waals surface area contributed by atoms with Gasteiger partial charge < -0.3 is 30.6 Å². The summed E-state index contributed by atoms with van der Waals surface area (Å²) in [5.41, 5.74) is 7.26. The van der Waals surface area contributed by atoms with Crippen LogP contribution in [-0.4, -0.2) is 68.9 Å². The van der Waals surface area contributed by atoms with E-state index in [4.69, 9.17) is 20.4 Å². The van der Waals surface area contributed by atoms with Crippen LogP contribution in [0.2, 0.25) is 0 Å². The predicted molar refractivity (Wildman–Crippen MR) is 132 cm³/mol. The molecule has 2 fully saturated rings. The van der Waals surface area contributed by atoms with Crippen molar-refractivity contribution in [2.45, 2.75) is 37.6 Å². The summed E-state index contributed by atoms with van der Waals surface area (Å²) in [6.07, 6.45) is 1.66. The summed E-state index contributed by atoms with van der Waals surface area (Å²) in [5, 5.41) is 5.54. The Balaban J connectivity index is 1.57. The van der Waals surface area contributed by atoms with Gasteiger partial charge in [0.15, 0.2) is 16.9 Å². The number of benzene rings is 1. The van der Waals surface area contributed by atoms with E-state index in [1.165, 1.54) is 0 Å². The van der Waals surface area contributed by atoms with E-state index in [0.717, 1.165) is 43.0 Å². The summed E-state index contributed by atoms with van der Waals surface area (Å²) >= 11 is -1.90. The molecule has 1 saturated carbocycles. The molecule has 4 rings (SSSR count). The van der Waals surface area contributed by atoms with E-state index in [9.17, 15) is 13.6 Å². The monoisotopic (exact) mass is 488 g/mol. The van der Waals surface area contributed by atoms with E-state index in [0.29, 0.717) is 31.3 Å². The van der Waals surface area contributed by atoms with Crippen molar-refractivity contribution < 1.29 is 18.3 Å². The average molecular weight is 489 g/mol. The highest BCUT2D eigenvalue weighted by Crippen LogP contribution is 2.48. The van der Waals surface area contributed by atoms with Gasteiger partial charge in [-0.05, 0) is 51.0 Å². The van der Waals surface area contributed by atoms with Crippen LogP contribution in [0.4, 0.5) is 16.3 Å². The van der Waals surface area contributed by atoms with Crippen molar-refractivity contribution in [2.24, 2.45) is 5.73 Å². The first-order chi connectivity index (χ1) is 16.1. The van der Waals surface area contributed by atoms with Crippen molar-refractivity contribution in [3.05, 3.63) is 36.0 Å². The highest BCUT2D eigenvalue weighted by Gasteiger charge is 2.47. The Bertz CT molecular complexity index is 1050. The van der Waals surface area contributed by atoms with Crippen molar-refractivity contribution >= 4 is 28.6 Å². The Morgan fingerprint density at radius 3 is 2.50 bits per heavy atom. The third-order valence-electron chi connectivity index (χ3n) is 5.95. The molecule has 0 bridgehead atoms. The summed E-state index contributed by atoms with van der Waals surface area (Å²) < 4.78 is 26.6. The van der Waals surface area contributed by atoms with Crippen LogP contribution in [-0.2, 0) is 21.2 Å². The molecule has 2 amide bonds. The number of nitrogens with one attached hydrogen (secondary N) is 2. The van der Waals surface area contributed by atoms with Crippen LogP contribution in [0, 0.1) is 0 Å². The summed E-state index contributed by atoms with van der Waals surface area (Å²) in [7, 11) is 0. The number of carbonyl (C=O) groups excluding carboxylic acids is 1. The molecular formula is C23H32N6O4S. The number of aromatic nitrogens is 2. The number of hydrogen-bond acceptors (Lipinski definition) is 7. The minimum Gasteiger partial charge on any atom is -0.378 e. The van der Waals surface area contributed by atoms with Gasteiger partial charge in [-0.3, -0.25) is 0 Å². The second-order valence-electron chi connectivity index (χ2n) is 9.65. The summed E-state index contributed by atoms with van der Waals surface area (Å²) in [6, 6.07) is 8.92. The van der Waals surface area contributed by atoms with Gasteiger partial charge in [-0.25, -0.2) is 19.0 Å². The standard InChI is InChI=1S/C23H32N6O4S/c1-22(2,24)14-25-21(30)26-17-5-3-16(4-6-17)20-27-18(23(7-8-23)15-34(31)32)13-19(28-20)29-9-11-33-12-10-29/h3-6,13H,7-12,14-15,24H2,1-2H3,(H,31,32)(H2,25,26,30). The van der Waals surface area contributed by atoms with Crippen molar-refractivity contribution in [3.63, 3.8) is 0 Å². The normalized spacial score (nSPS) is 18.3. The van der Waals surface area contributed by atoms with Crippen LogP contribution in [0.5, 0.6) is 0 Å². The highest BCUT2D eigenvalue weighted by atomic mass is 32.2. The van der Waals surface area contributed by atoms with Crippen molar-refractivity contribution in [3.8, 4) is 11.4 Å². The van der Waals surface area contributed by atoms with E-state index < -0.39 is 16.6 Å². The van der Waals surface area contributed by atoms with E-state index in [2.05, 4.69) is 15.5 Å². The lowest BCUT2D eigenvalue weighted by atomic mass is 10.0. The zero-order chi connectivity index (χ0) is 24.3. The molecule has 2 heterocycles. The van der Waals surface area contributed by atoms with Crippen LogP contribution in [0.3, 0.4) is 0 Å². The SMILES string of the molecule is CC(C)(N)CNC(=O)Nc1ccc(-c2nc(N3CCOCC3)cc(C3(CS(=O)O)CC3)n2)cc1. The minimum atomic E-state index is -1.90. The van der Waals surface area contributed by atoms with E-state index in [1.807, 2.05) is 32.0 Å². The number of rotatable bonds is 8. The lowest BCUT2D eigenvalue weighted by molar-refractivity contribution is 0.122. The molecule has 1 aromatic carbocycles. The van der Waals surface area contributed by atoms with Crippen LogP contribution >= 0.6 is 0 Å². The molecule has 1 aromatic heterocycles. The lowest BCUT2D eigenvalue weighted by Gasteiger charge is -2.29. The molecule has 1 saturated heterocycles. The Labute approximate surface area is 202 Å². The molecule has 184 valence electrons. The molecule has 5 N–H and O–H groups in total. The molecule has 2 aliphatic rings. The van der Waals surface area contributed by atoms with E-state index in [1.54, 1.807) is 12.1 Å². The zero-order valence-corrected chi connectivity index (χ0v) is 20.4. The molecule has 1 atom stereocenters. The van der Waals surface area contributed by atoms with Gasteiger partial charge in [-0.1, -0.05) is 0 Å². The maximum atomic E-state index is 12.1. The topological polar surface area (TPSA) is 143 Å². The second-order valence-corrected chi connectivity index (χ2v) is 10.6. The van der Waals surface area contributed by atoms with Crippen LogP contribution in [0.15, 0.2) is 30.3 Å². The minimum absolute atomic E-state index is 0.170. The van der Waals surface area contributed by atoms with Crippen LogP contribution in [0.1, 0.15) is 32.4 Å². The fraction of sp³-hybridized carbons (Fsp3) is 0.522. The second kappa shape index (κ2) is 9.95. The van der Waals surface area contributed by atoms with Crippen molar-refractivity contribution in [1.82, 2.24) is 15.3 Å². The first-order valence-electron chi connectivity index (χ1n) is 11.4. The summed E-state index contributed by atoms with van der Waals surface area (Å²) in [5.74, 6) is 1.52. The Morgan fingerprint density at radius 1 is 1.24 bits per heavy atom. The Kier molecular flexibility index (Phi) is 7.17. The summed E-state index contributed by atoms with van der Waals surface area (Å²) in [4.78, 5) is 23.9. The van der Waals surface area contributed by atoms with Gasteiger partial charge in [0, 0.05) is 47.9 Å². The van der Waals surface area contributed by atoms with Gasteiger partial charge in [-0.2, -0.15) is 0 Å². The van der Waals surface area contributed by atoms with Crippen molar-refractivity contribution in [2.75, 3.05) is 48.8 Å². The van der Waals surface area contributed by atoms with Gasteiger partial charge in [0.05, 0.1) is 24.7 Å². The maximum Gasteiger partial charge on any atom is 0.319 e. The fourth-order valence-electron chi connectivity index (χ4n) is 3.84. The first-order valence-corrected chi connectivity index (χ1v) is 12.7. The van der Waals surface area contributed by atoms with Gasteiger partial charge >= 0.3 is 6.03 Å². The maximum absolute atomic E-state index is 12.1. The number of anilines is 2. The molecule has 1 unspecified atom stereocenters. The Morgan fingerprint density at radius 2 is 1.91 bits per heavy atom. The molecule has 0 spiro atoms. The van der Waals surface area contributed by atoms with Crippen molar-refractivity contribution in [1.29, 1.82) is 0 Å². The van der Waals surface area contributed by atoms with Gasteiger partial charge in [-0.15, -0.1) is 0 Å². The third-order valence-corrected chi connectivity index (χ3v) is 6.75. The number of carbonyl (C=O) groups is 1. The number of nitrogens with two attached hydrogens (primary N) is 1. The largest absolute Gasteiger partial charge is 0.378 e. The number of hydrogen-bond donors (Lipinski definition) is 4. The van der Waals surface area contributed by atoms with Gasteiger partial charge in [0.2, 0.25) is 0 Å². The van der Waals surface area contributed by atoms with Crippen LogP contribution < -0.4 is 21.3 Å². The first kappa shape index (κ1) is 24.5. The third kappa shape index (κ3) is 6.29. The Hall–Kier alpha value is -2.60. The number of urea groups is 1. The van der Waals surface area contributed by atoms with E-state index >= 15 is 0 Å². The zero-order valence-electron chi connectivity index (χ0n) is 19.5. The molecule has 1 aliphatic heterocycles. The van der Waals surface area contributed by atoms with Gasteiger partial charge in [0.1, 0.15) is 5.82 Å². The molecule has 0 radical (unpaired) electrons. The number of amides is 2. The van der Waals surface area contributed by atoms with Gasteiger partial charge in [0.25, 0.3) is 0 Å². The van der Waals surface area contributed by atoms with E-state index in [-0.39, 0.29) is 17.2 Å². The average Bonchev–Trinajstić information content (AvgIpc) is 3.58. The predicted octanol–water partition coefficient (Wildman–Crippen LogP) is 2.09. The lowest BCUT2D eigenvalue weighted by Crippen LogP contribution is -2.46. The molecule has 34 heavy (non-hydrogen) atoms. The fourth-order valence-corrected chi connectivity index (χ4v) is 4.75. The molecule has 10 nitrogen and oxygen atoms in total. The molecule has 11 heteroatoms. The number of ether oxygens (including phenoxy) is 1. The quantitative estimate of drug-likeness (QED) is 0.414. The number of morpholine rings is 1.